The van der Waals surface area contributed by atoms with Crippen LogP contribution in [-0.4, -0.2) is 22.0 Å². The average Bonchev–Trinajstić information content (AvgIpc) is 3.09. The lowest BCUT2D eigenvalue weighted by Crippen LogP contribution is -2.24. The highest BCUT2D eigenvalue weighted by Crippen LogP contribution is 2.24. The van der Waals surface area contributed by atoms with Crippen molar-refractivity contribution in [3.8, 4) is 10.6 Å². The zero-order valence-corrected chi connectivity index (χ0v) is 15.1. The maximum Gasteiger partial charge on any atom is 0.307 e. The highest BCUT2D eigenvalue weighted by Gasteiger charge is 2.10. The van der Waals surface area contributed by atoms with Crippen LogP contribution < -0.4 is 5.32 Å². The molecular weight excluding hydrogens is 367 g/mol. The van der Waals surface area contributed by atoms with Crippen molar-refractivity contribution in [3.63, 3.8) is 0 Å². The van der Waals surface area contributed by atoms with Gasteiger partial charge in [-0.3, -0.25) is 9.59 Å². The van der Waals surface area contributed by atoms with Crippen LogP contribution in [0.25, 0.3) is 10.6 Å². The number of nitrogens with one attached hydrogen (secondary N) is 1. The number of carboxylic acid groups (broad SMARTS) is 1. The molecule has 0 fully saturated rings. The Hall–Kier alpha value is -3.06. The van der Waals surface area contributed by atoms with E-state index in [1.54, 1.807) is 41.8 Å². The number of amides is 1. The van der Waals surface area contributed by atoms with Crippen molar-refractivity contribution in [1.82, 2.24) is 10.3 Å². The molecule has 3 aromatic rings. The Labute approximate surface area is 159 Å². The van der Waals surface area contributed by atoms with Gasteiger partial charge in [-0.1, -0.05) is 36.4 Å². The molecule has 0 radical (unpaired) electrons. The fraction of sp³-hybridized carbons (Fsp3) is 0.150. The van der Waals surface area contributed by atoms with Crippen LogP contribution >= 0.6 is 11.3 Å². The molecule has 0 saturated carbocycles. The molecule has 5 nitrogen and oxygen atoms in total. The second kappa shape index (κ2) is 8.55. The van der Waals surface area contributed by atoms with E-state index < -0.39 is 5.97 Å². The summed E-state index contributed by atoms with van der Waals surface area (Å²) in [6.45, 7) is 0.354. The SMILES string of the molecule is O=C(O)Cc1ccc(CNC(=O)Cc2csc(-c3cccc(F)c3)n2)cc1. The Morgan fingerprint density at radius 2 is 1.81 bits per heavy atom. The third-order valence-electron chi connectivity index (χ3n) is 3.83. The van der Waals surface area contributed by atoms with E-state index in [1.165, 1.54) is 23.5 Å². The summed E-state index contributed by atoms with van der Waals surface area (Å²) < 4.78 is 13.3. The largest absolute Gasteiger partial charge is 0.481 e. The Morgan fingerprint density at radius 3 is 2.52 bits per heavy atom. The number of hydrogen-bond acceptors (Lipinski definition) is 4. The van der Waals surface area contributed by atoms with Gasteiger partial charge in [0.2, 0.25) is 5.91 Å². The average molecular weight is 384 g/mol. The number of hydrogen-bond donors (Lipinski definition) is 2. The number of halogens is 1. The van der Waals surface area contributed by atoms with Crippen LogP contribution in [0, 0.1) is 5.82 Å². The van der Waals surface area contributed by atoms with Gasteiger partial charge in [-0.25, -0.2) is 9.37 Å². The van der Waals surface area contributed by atoms with E-state index in [4.69, 9.17) is 5.11 Å². The lowest BCUT2D eigenvalue weighted by Gasteiger charge is -2.05. The minimum Gasteiger partial charge on any atom is -0.481 e. The molecule has 1 heterocycles. The molecule has 1 amide bonds. The van der Waals surface area contributed by atoms with Gasteiger partial charge < -0.3 is 10.4 Å². The van der Waals surface area contributed by atoms with Crippen LogP contribution in [0.2, 0.25) is 0 Å². The molecule has 138 valence electrons. The van der Waals surface area contributed by atoms with E-state index >= 15 is 0 Å². The van der Waals surface area contributed by atoms with Crippen LogP contribution in [0.3, 0.4) is 0 Å². The van der Waals surface area contributed by atoms with E-state index in [2.05, 4.69) is 10.3 Å². The smallest absolute Gasteiger partial charge is 0.307 e. The van der Waals surface area contributed by atoms with Gasteiger partial charge >= 0.3 is 5.97 Å². The minimum absolute atomic E-state index is 0.0237. The van der Waals surface area contributed by atoms with Crippen molar-refractivity contribution in [3.05, 3.63) is 76.5 Å². The first-order valence-electron chi connectivity index (χ1n) is 8.26. The van der Waals surface area contributed by atoms with Gasteiger partial charge in [-0.05, 0) is 23.3 Å². The van der Waals surface area contributed by atoms with Crippen LogP contribution in [0.1, 0.15) is 16.8 Å². The quantitative estimate of drug-likeness (QED) is 0.654. The molecule has 0 aliphatic rings. The molecule has 2 N–H and O–H groups in total. The lowest BCUT2D eigenvalue weighted by molar-refractivity contribution is -0.136. The molecule has 0 saturated heterocycles. The summed E-state index contributed by atoms with van der Waals surface area (Å²) in [4.78, 5) is 27.2. The zero-order valence-electron chi connectivity index (χ0n) is 14.3. The number of benzene rings is 2. The summed E-state index contributed by atoms with van der Waals surface area (Å²) in [5.41, 5.74) is 2.92. The minimum atomic E-state index is -0.878. The number of aliphatic carboxylic acids is 1. The van der Waals surface area contributed by atoms with Crippen LogP contribution in [0.15, 0.2) is 53.9 Å². The third-order valence-corrected chi connectivity index (χ3v) is 4.77. The van der Waals surface area contributed by atoms with Crippen molar-refractivity contribution in [2.75, 3.05) is 0 Å². The van der Waals surface area contributed by atoms with Crippen molar-refractivity contribution in [2.45, 2.75) is 19.4 Å². The number of carboxylic acids is 1. The third kappa shape index (κ3) is 5.46. The van der Waals surface area contributed by atoms with Crippen molar-refractivity contribution in [2.24, 2.45) is 0 Å². The van der Waals surface area contributed by atoms with Gasteiger partial charge in [0.05, 0.1) is 18.5 Å². The first-order valence-corrected chi connectivity index (χ1v) is 9.14. The molecule has 0 unspecified atom stereocenters. The van der Waals surface area contributed by atoms with Crippen LogP contribution in [0.5, 0.6) is 0 Å². The number of carbonyl (C=O) groups is 2. The van der Waals surface area contributed by atoms with E-state index in [1.807, 2.05) is 0 Å². The second-order valence-corrected chi connectivity index (χ2v) is 6.85. The number of carbonyl (C=O) groups excluding carboxylic acids is 1. The van der Waals surface area contributed by atoms with Crippen molar-refractivity contribution in [1.29, 1.82) is 0 Å². The fourth-order valence-corrected chi connectivity index (χ4v) is 3.34. The summed E-state index contributed by atoms with van der Waals surface area (Å²) in [7, 11) is 0. The number of nitrogens with zero attached hydrogens (tertiary/aromatic N) is 1. The van der Waals surface area contributed by atoms with Crippen LogP contribution in [-0.2, 0) is 29.0 Å². The summed E-state index contributed by atoms with van der Waals surface area (Å²) in [5.74, 6) is -1.37. The van der Waals surface area contributed by atoms with Crippen molar-refractivity contribution >= 4 is 23.2 Å². The molecule has 0 spiro atoms. The Kier molecular flexibility index (Phi) is 5.93. The number of rotatable bonds is 7. The van der Waals surface area contributed by atoms with Gasteiger partial charge in [0.15, 0.2) is 0 Å². The summed E-state index contributed by atoms with van der Waals surface area (Å²) in [5, 5.41) is 14.0. The molecule has 0 aliphatic carbocycles. The molecule has 7 heteroatoms. The maximum atomic E-state index is 13.3. The summed E-state index contributed by atoms with van der Waals surface area (Å²) in [6.07, 6.45) is 0.118. The van der Waals surface area contributed by atoms with Gasteiger partial charge in [-0.2, -0.15) is 0 Å². The second-order valence-electron chi connectivity index (χ2n) is 5.99. The maximum absolute atomic E-state index is 13.3. The number of aromatic nitrogens is 1. The molecule has 3 rings (SSSR count). The van der Waals surface area contributed by atoms with Gasteiger partial charge in [0.25, 0.3) is 0 Å². The monoisotopic (exact) mass is 384 g/mol. The van der Waals surface area contributed by atoms with Gasteiger partial charge in [0.1, 0.15) is 10.8 Å². The predicted molar refractivity (Wildman–Crippen MR) is 101 cm³/mol. The molecule has 27 heavy (non-hydrogen) atoms. The molecule has 0 bridgehead atoms. The highest BCUT2D eigenvalue weighted by molar-refractivity contribution is 7.13. The van der Waals surface area contributed by atoms with Gasteiger partial charge in [-0.15, -0.1) is 11.3 Å². The molecule has 1 aromatic heterocycles. The zero-order chi connectivity index (χ0) is 19.2. The molecular formula is C20H17FN2O3S. The first-order chi connectivity index (χ1) is 13.0. The van der Waals surface area contributed by atoms with E-state index in [0.717, 1.165) is 5.56 Å². The van der Waals surface area contributed by atoms with Gasteiger partial charge in [0, 0.05) is 17.5 Å². The molecule has 0 aliphatic heterocycles. The standard InChI is InChI=1S/C20H17FN2O3S/c21-16-3-1-2-15(9-16)20-23-17(12-27-20)10-18(24)22-11-14-6-4-13(5-7-14)8-19(25)26/h1-7,9,12H,8,10-11H2,(H,22,24)(H,25,26). The Morgan fingerprint density at radius 1 is 1.07 bits per heavy atom. The van der Waals surface area contributed by atoms with E-state index in [0.29, 0.717) is 28.4 Å². The van der Waals surface area contributed by atoms with Crippen molar-refractivity contribution < 1.29 is 19.1 Å². The lowest BCUT2D eigenvalue weighted by atomic mass is 10.1. The topological polar surface area (TPSA) is 79.3 Å². The normalized spacial score (nSPS) is 10.6. The van der Waals surface area contributed by atoms with Crippen LogP contribution in [0.4, 0.5) is 4.39 Å². The van der Waals surface area contributed by atoms with E-state index in [9.17, 15) is 14.0 Å². The number of thiazole rings is 1. The predicted octanol–water partition coefficient (Wildman–Crippen LogP) is 3.44. The Balaban J connectivity index is 1.53. The highest BCUT2D eigenvalue weighted by atomic mass is 32.1. The Bertz CT molecular complexity index is 954. The first kappa shape index (κ1) is 18.7. The summed E-state index contributed by atoms with van der Waals surface area (Å²) >= 11 is 1.37. The van der Waals surface area contributed by atoms with E-state index in [-0.39, 0.29) is 24.6 Å². The molecule has 0 atom stereocenters. The summed E-state index contributed by atoms with van der Waals surface area (Å²) in [6, 6.07) is 13.3. The molecule has 2 aromatic carbocycles. The fourth-order valence-electron chi connectivity index (χ4n) is 2.52.